The summed E-state index contributed by atoms with van der Waals surface area (Å²) in [4.78, 5) is 0. The molecule has 0 atom stereocenters. The number of ether oxygens (including phenoxy) is 4. The van der Waals surface area contributed by atoms with E-state index >= 15 is 0 Å². The summed E-state index contributed by atoms with van der Waals surface area (Å²) in [6, 6.07) is 10.6. The second-order valence-electron chi connectivity index (χ2n) is 9.70. The minimum atomic E-state index is 0. The number of aromatic nitrogens is 4. The van der Waals surface area contributed by atoms with Gasteiger partial charge >= 0.3 is 0 Å². The molecule has 0 radical (unpaired) electrons. The molecule has 8 nitrogen and oxygen atoms in total. The lowest BCUT2D eigenvalue weighted by molar-refractivity contribution is -0.686. The molecule has 0 saturated carbocycles. The lowest BCUT2D eigenvalue weighted by Gasteiger charge is -2.18. The zero-order valence-electron chi connectivity index (χ0n) is 21.9. The molecule has 0 bridgehead atoms. The van der Waals surface area contributed by atoms with Gasteiger partial charge in [-0.15, -0.1) is 5.10 Å². The zero-order chi connectivity index (χ0) is 25.2. The Labute approximate surface area is 233 Å². The van der Waals surface area contributed by atoms with Crippen LogP contribution in [0.5, 0.6) is 23.0 Å². The van der Waals surface area contributed by atoms with Gasteiger partial charge in [-0.05, 0) is 60.9 Å². The van der Waals surface area contributed by atoms with Gasteiger partial charge in [-0.25, -0.2) is 0 Å². The number of fused-ring (bicyclic) bond motifs is 5. The molecule has 2 aromatic carbocycles. The Kier molecular flexibility index (Phi) is 8.02. The number of aryl methyl sites for hydroxylation is 4. The van der Waals surface area contributed by atoms with Gasteiger partial charge in [0.25, 0.3) is 0 Å². The molecule has 0 aliphatic carbocycles. The minimum Gasteiger partial charge on any atom is -1.00 e. The summed E-state index contributed by atoms with van der Waals surface area (Å²) < 4.78 is 27.5. The Balaban J connectivity index is 0.00000294. The first-order valence-electron chi connectivity index (χ1n) is 13.2. The van der Waals surface area contributed by atoms with Crippen LogP contribution < -0.4 is 40.5 Å². The maximum Gasteiger partial charge on any atom is 0.231 e. The lowest BCUT2D eigenvalue weighted by Crippen LogP contribution is -3.00. The zero-order valence-corrected chi connectivity index (χ0v) is 23.5. The Morgan fingerprint density at radius 3 is 2.79 bits per heavy atom. The largest absolute Gasteiger partial charge is 1.00 e. The van der Waals surface area contributed by atoms with E-state index in [9.17, 15) is 0 Å². The average Bonchev–Trinajstić information content (AvgIpc) is 3.58. The quantitative estimate of drug-likeness (QED) is 0.211. The number of halogens is 1. The van der Waals surface area contributed by atoms with Crippen molar-refractivity contribution in [1.29, 1.82) is 0 Å². The monoisotopic (exact) mass is 580 g/mol. The minimum absolute atomic E-state index is 0. The van der Waals surface area contributed by atoms with Crippen LogP contribution in [0.2, 0.25) is 0 Å². The van der Waals surface area contributed by atoms with Crippen LogP contribution >= 0.6 is 0 Å². The highest BCUT2D eigenvalue weighted by Crippen LogP contribution is 2.41. The molecule has 0 unspecified atom stereocenters. The molecule has 4 aromatic rings. The Bertz CT molecular complexity index is 1440. The lowest BCUT2D eigenvalue weighted by atomic mass is 9.95. The summed E-state index contributed by atoms with van der Waals surface area (Å²) in [5, 5.41) is 10.7. The normalized spacial score (nSPS) is 13.1. The first-order chi connectivity index (χ1) is 18.2. The van der Waals surface area contributed by atoms with Crippen LogP contribution in [0.3, 0.4) is 0 Å². The fourth-order valence-corrected chi connectivity index (χ4v) is 5.18. The van der Waals surface area contributed by atoms with Crippen LogP contribution in [0, 0.1) is 0 Å². The molecule has 0 amide bonds. The van der Waals surface area contributed by atoms with Crippen molar-refractivity contribution in [3.63, 3.8) is 0 Å². The van der Waals surface area contributed by atoms with Crippen LogP contribution in [0.1, 0.15) is 43.9 Å². The van der Waals surface area contributed by atoms with Gasteiger partial charge in [0.2, 0.25) is 12.5 Å². The predicted molar refractivity (Wildman–Crippen MR) is 139 cm³/mol. The Morgan fingerprint density at radius 1 is 1.08 bits per heavy atom. The molecule has 4 heterocycles. The number of pyridine rings is 1. The highest BCUT2D eigenvalue weighted by Gasteiger charge is 2.28. The van der Waals surface area contributed by atoms with E-state index in [0.717, 1.165) is 84.7 Å². The number of benzene rings is 2. The van der Waals surface area contributed by atoms with Gasteiger partial charge in [0, 0.05) is 25.2 Å². The molecule has 38 heavy (non-hydrogen) atoms. The highest BCUT2D eigenvalue weighted by atomic mass is 79.9. The molecule has 0 saturated heterocycles. The Morgan fingerprint density at radius 2 is 1.95 bits per heavy atom. The van der Waals surface area contributed by atoms with Gasteiger partial charge < -0.3 is 35.9 Å². The van der Waals surface area contributed by atoms with E-state index in [2.05, 4.69) is 58.5 Å². The molecule has 200 valence electrons. The van der Waals surface area contributed by atoms with Gasteiger partial charge in [0.15, 0.2) is 35.7 Å². The number of unbranched alkanes of at least 4 members (excludes halogenated alkanes) is 2. The van der Waals surface area contributed by atoms with Crippen molar-refractivity contribution < 1.29 is 40.5 Å². The van der Waals surface area contributed by atoms with Crippen molar-refractivity contribution in [2.75, 3.05) is 20.5 Å². The van der Waals surface area contributed by atoms with Gasteiger partial charge in [0.05, 0.1) is 30.4 Å². The van der Waals surface area contributed by atoms with Crippen LogP contribution in [-0.4, -0.2) is 35.5 Å². The molecule has 2 aliphatic heterocycles. The topological polar surface area (TPSA) is 71.5 Å². The van der Waals surface area contributed by atoms with E-state index in [0.29, 0.717) is 6.61 Å². The van der Waals surface area contributed by atoms with E-state index < -0.39 is 0 Å². The van der Waals surface area contributed by atoms with Crippen molar-refractivity contribution in [3.05, 3.63) is 54.0 Å². The van der Waals surface area contributed by atoms with Crippen LogP contribution in [0.25, 0.3) is 22.0 Å². The molecule has 0 fully saturated rings. The number of rotatable bonds is 10. The number of hydrogen-bond donors (Lipinski definition) is 0. The fourth-order valence-electron chi connectivity index (χ4n) is 5.18. The molecule has 0 spiro atoms. The van der Waals surface area contributed by atoms with E-state index in [1.807, 2.05) is 10.7 Å². The SMILES string of the molecule is CCCCc1cn(CCCCOc2c(OC)ccc3cc4[n+](cc23)CCc2cc3c(cc2-4)OCO3)nn1.[Br-]. The van der Waals surface area contributed by atoms with Gasteiger partial charge in [0.1, 0.15) is 0 Å². The fraction of sp³-hybridized carbons (Fsp3) is 0.414. The second kappa shape index (κ2) is 11.6. The molecule has 2 aromatic heterocycles. The van der Waals surface area contributed by atoms with E-state index in [4.69, 9.17) is 18.9 Å². The summed E-state index contributed by atoms with van der Waals surface area (Å²) in [6.45, 7) is 4.83. The molecular formula is C29H33BrN4O4. The molecule has 0 N–H and O–H groups in total. The summed E-state index contributed by atoms with van der Waals surface area (Å²) in [5.41, 5.74) is 4.74. The first-order valence-corrected chi connectivity index (χ1v) is 13.2. The number of hydrogen-bond acceptors (Lipinski definition) is 6. The molecule has 6 rings (SSSR count). The van der Waals surface area contributed by atoms with Gasteiger partial charge in [-0.2, -0.15) is 4.57 Å². The Hall–Kier alpha value is -3.33. The van der Waals surface area contributed by atoms with Crippen molar-refractivity contribution in [1.82, 2.24) is 15.0 Å². The standard InChI is InChI=1S/C29H33N4O4.BrH/c1-3-4-7-22-17-33(31-30-22)11-5-6-13-35-29-24-18-32-12-10-21-15-27-28(37-19-36-27)16-23(21)25(32)14-20(24)8-9-26(29)34-2;/h8-9,14-18H,3-7,10-13,19H2,1-2H3;1H/q+1;/p-1. The van der Waals surface area contributed by atoms with Crippen molar-refractivity contribution >= 4 is 10.8 Å². The number of methoxy groups -OCH3 is 1. The van der Waals surface area contributed by atoms with Gasteiger partial charge in [-0.3, -0.25) is 4.68 Å². The van der Waals surface area contributed by atoms with Crippen LogP contribution in [-0.2, 0) is 25.9 Å². The third kappa shape index (κ3) is 5.16. The third-order valence-electron chi connectivity index (χ3n) is 7.20. The third-order valence-corrected chi connectivity index (χ3v) is 7.20. The summed E-state index contributed by atoms with van der Waals surface area (Å²) >= 11 is 0. The van der Waals surface area contributed by atoms with Gasteiger partial charge in [-0.1, -0.05) is 18.6 Å². The predicted octanol–water partition coefficient (Wildman–Crippen LogP) is 1.88. The molecular weight excluding hydrogens is 548 g/mol. The summed E-state index contributed by atoms with van der Waals surface area (Å²) in [7, 11) is 1.69. The second-order valence-corrected chi connectivity index (χ2v) is 9.70. The number of nitrogens with zero attached hydrogens (tertiary/aromatic N) is 4. The molecule has 9 heteroatoms. The highest BCUT2D eigenvalue weighted by molar-refractivity contribution is 5.91. The maximum absolute atomic E-state index is 6.34. The van der Waals surface area contributed by atoms with Crippen LogP contribution in [0.4, 0.5) is 0 Å². The van der Waals surface area contributed by atoms with Crippen LogP contribution in [0.15, 0.2) is 42.7 Å². The van der Waals surface area contributed by atoms with E-state index in [1.165, 1.54) is 23.2 Å². The summed E-state index contributed by atoms with van der Waals surface area (Å²) in [5.74, 6) is 3.21. The smallest absolute Gasteiger partial charge is 0.231 e. The average molecular weight is 582 g/mol. The first kappa shape index (κ1) is 26.3. The molecule has 2 aliphatic rings. The van der Waals surface area contributed by atoms with E-state index in [-0.39, 0.29) is 23.8 Å². The van der Waals surface area contributed by atoms with E-state index in [1.54, 1.807) is 7.11 Å². The van der Waals surface area contributed by atoms with Crippen molar-refractivity contribution in [2.24, 2.45) is 0 Å². The van der Waals surface area contributed by atoms with Crippen molar-refractivity contribution in [2.45, 2.75) is 58.5 Å². The summed E-state index contributed by atoms with van der Waals surface area (Å²) in [6.07, 6.45) is 10.4. The van der Waals surface area contributed by atoms with Crippen molar-refractivity contribution in [3.8, 4) is 34.3 Å². The maximum atomic E-state index is 6.34.